The number of para-hydroxylation sites is 1. The molecule has 0 fully saturated rings. The second-order valence-corrected chi connectivity index (χ2v) is 6.86. The van der Waals surface area contributed by atoms with Crippen LogP contribution in [0.15, 0.2) is 77.3 Å². The Morgan fingerprint density at radius 1 is 1.04 bits per heavy atom. The first kappa shape index (κ1) is 17.6. The Bertz CT molecular complexity index is 1110. The Morgan fingerprint density at radius 3 is 2.39 bits per heavy atom. The number of nitrogens with zero attached hydrogens (tertiary/aromatic N) is 3. The Morgan fingerprint density at radius 2 is 1.75 bits per heavy atom. The molecule has 2 aliphatic rings. The number of carbonyl (C=O) groups is 2. The van der Waals surface area contributed by atoms with Crippen molar-refractivity contribution < 1.29 is 9.59 Å². The highest BCUT2D eigenvalue weighted by atomic mass is 16.2. The quantitative estimate of drug-likeness (QED) is 0.821. The molecule has 0 saturated carbocycles. The molecule has 28 heavy (non-hydrogen) atoms. The molecule has 2 aliphatic heterocycles. The van der Waals surface area contributed by atoms with Gasteiger partial charge in [0, 0.05) is 12.7 Å². The van der Waals surface area contributed by atoms with Crippen molar-refractivity contribution in [1.29, 1.82) is 5.26 Å². The van der Waals surface area contributed by atoms with Gasteiger partial charge in [0.1, 0.15) is 11.5 Å². The lowest BCUT2D eigenvalue weighted by atomic mass is 9.81. The van der Waals surface area contributed by atoms with Crippen LogP contribution in [0.4, 0.5) is 5.69 Å². The van der Waals surface area contributed by atoms with Crippen molar-refractivity contribution in [2.45, 2.75) is 12.8 Å². The molecular formula is C22H18N4O2. The van der Waals surface area contributed by atoms with Crippen LogP contribution in [-0.4, -0.2) is 23.8 Å². The first-order valence-electron chi connectivity index (χ1n) is 8.83. The number of aryl methyl sites for hydroxylation is 1. The lowest BCUT2D eigenvalue weighted by Gasteiger charge is -2.33. The molecule has 2 heterocycles. The second kappa shape index (κ2) is 6.39. The number of rotatable bonds is 2. The van der Waals surface area contributed by atoms with Gasteiger partial charge in [-0.1, -0.05) is 48.0 Å². The number of allylic oxidation sites excluding steroid dienone is 1. The molecule has 0 saturated heterocycles. The molecule has 0 aromatic heterocycles. The molecule has 2 aromatic carbocycles. The normalized spacial score (nSPS) is 19.2. The van der Waals surface area contributed by atoms with Gasteiger partial charge in [-0.3, -0.25) is 19.4 Å². The van der Waals surface area contributed by atoms with E-state index in [0.717, 1.165) is 16.0 Å². The van der Waals surface area contributed by atoms with Crippen molar-refractivity contribution in [3.8, 4) is 6.07 Å². The third-order valence-electron chi connectivity index (χ3n) is 5.13. The van der Waals surface area contributed by atoms with Gasteiger partial charge in [-0.25, -0.2) is 0 Å². The van der Waals surface area contributed by atoms with Crippen LogP contribution >= 0.6 is 0 Å². The molecule has 1 atom stereocenters. The zero-order valence-corrected chi connectivity index (χ0v) is 15.5. The predicted octanol–water partition coefficient (Wildman–Crippen LogP) is 2.55. The number of likely N-dealkylation sites (N-methyl/N-ethyl adjacent to an activating group) is 1. The molecule has 0 bridgehead atoms. The van der Waals surface area contributed by atoms with Gasteiger partial charge in [-0.05, 0) is 24.6 Å². The summed E-state index contributed by atoms with van der Waals surface area (Å²) in [6, 6.07) is 18.8. The summed E-state index contributed by atoms with van der Waals surface area (Å²) in [4.78, 5) is 28.6. The van der Waals surface area contributed by atoms with Crippen molar-refractivity contribution >= 4 is 17.5 Å². The van der Waals surface area contributed by atoms with Crippen LogP contribution in [0.5, 0.6) is 0 Å². The zero-order valence-electron chi connectivity index (χ0n) is 15.5. The molecular weight excluding hydrogens is 352 g/mol. The highest BCUT2D eigenvalue weighted by molar-refractivity contribution is 6.22. The van der Waals surface area contributed by atoms with Crippen LogP contribution in [-0.2, 0) is 9.59 Å². The van der Waals surface area contributed by atoms with E-state index in [1.807, 2.05) is 49.4 Å². The maximum absolute atomic E-state index is 13.0. The Kier molecular flexibility index (Phi) is 4.01. The van der Waals surface area contributed by atoms with Crippen LogP contribution in [0.25, 0.3) is 0 Å². The maximum atomic E-state index is 13.0. The van der Waals surface area contributed by atoms with Gasteiger partial charge in [0.2, 0.25) is 0 Å². The fourth-order valence-corrected chi connectivity index (χ4v) is 3.81. The molecule has 0 spiro atoms. The van der Waals surface area contributed by atoms with Crippen LogP contribution in [0.1, 0.15) is 17.0 Å². The number of anilines is 1. The third kappa shape index (κ3) is 2.41. The summed E-state index contributed by atoms with van der Waals surface area (Å²) in [5, 5.41) is 9.92. The summed E-state index contributed by atoms with van der Waals surface area (Å²) in [6.07, 6.45) is 0. The molecule has 2 amide bonds. The highest BCUT2D eigenvalue weighted by Crippen LogP contribution is 2.45. The number of amides is 2. The minimum atomic E-state index is -0.679. The topological polar surface area (TPSA) is 90.4 Å². The van der Waals surface area contributed by atoms with Crippen molar-refractivity contribution in [2.24, 2.45) is 5.73 Å². The number of carbonyl (C=O) groups excluding carboxylic acids is 2. The van der Waals surface area contributed by atoms with Crippen molar-refractivity contribution in [2.75, 3.05) is 11.9 Å². The van der Waals surface area contributed by atoms with E-state index in [1.54, 1.807) is 12.1 Å². The number of hydrogen-bond acceptors (Lipinski definition) is 5. The van der Waals surface area contributed by atoms with E-state index in [4.69, 9.17) is 5.73 Å². The van der Waals surface area contributed by atoms with E-state index in [1.165, 1.54) is 11.9 Å². The van der Waals surface area contributed by atoms with Crippen LogP contribution in [0, 0.1) is 18.3 Å². The fraction of sp³-hybridized carbons (Fsp3) is 0.136. The van der Waals surface area contributed by atoms with Gasteiger partial charge in [0.25, 0.3) is 11.8 Å². The van der Waals surface area contributed by atoms with E-state index in [9.17, 15) is 14.9 Å². The minimum absolute atomic E-state index is 0.162. The molecule has 0 aliphatic carbocycles. The summed E-state index contributed by atoms with van der Waals surface area (Å²) < 4.78 is 0. The lowest BCUT2D eigenvalue weighted by Crippen LogP contribution is -2.37. The smallest absolute Gasteiger partial charge is 0.278 e. The zero-order chi connectivity index (χ0) is 20.0. The van der Waals surface area contributed by atoms with E-state index < -0.39 is 17.7 Å². The van der Waals surface area contributed by atoms with Crippen LogP contribution < -0.4 is 10.6 Å². The van der Waals surface area contributed by atoms with Gasteiger partial charge >= 0.3 is 0 Å². The number of nitrogens with two attached hydrogens (primary N) is 1. The lowest BCUT2D eigenvalue weighted by molar-refractivity contribution is -0.136. The SMILES string of the molecule is Cc1cccc(C2C(C#N)=C(N)N(c3ccccc3)C3=C2C(=O)N(C)C3=O)c1. The molecule has 4 rings (SSSR count). The average molecular weight is 370 g/mol. The van der Waals surface area contributed by atoms with Gasteiger partial charge in [0.05, 0.1) is 23.1 Å². The molecule has 1 unspecified atom stereocenters. The van der Waals surface area contributed by atoms with E-state index in [0.29, 0.717) is 5.69 Å². The monoisotopic (exact) mass is 370 g/mol. The molecule has 6 heteroatoms. The van der Waals surface area contributed by atoms with Crippen LogP contribution in [0.3, 0.4) is 0 Å². The summed E-state index contributed by atoms with van der Waals surface area (Å²) in [6.45, 7) is 1.94. The van der Waals surface area contributed by atoms with Gasteiger partial charge in [-0.2, -0.15) is 5.26 Å². The summed E-state index contributed by atoms with van der Waals surface area (Å²) >= 11 is 0. The van der Waals surface area contributed by atoms with E-state index in [-0.39, 0.29) is 22.7 Å². The largest absolute Gasteiger partial charge is 0.384 e. The third-order valence-corrected chi connectivity index (χ3v) is 5.13. The Balaban J connectivity index is 2.03. The molecule has 138 valence electrons. The fourth-order valence-electron chi connectivity index (χ4n) is 3.81. The summed E-state index contributed by atoms with van der Waals surface area (Å²) in [7, 11) is 1.45. The van der Waals surface area contributed by atoms with Gasteiger partial charge in [0.15, 0.2) is 0 Å². The maximum Gasteiger partial charge on any atom is 0.278 e. The molecule has 6 nitrogen and oxygen atoms in total. The van der Waals surface area contributed by atoms with Crippen molar-refractivity contribution in [3.05, 3.63) is 88.4 Å². The average Bonchev–Trinajstić information content (AvgIpc) is 2.92. The van der Waals surface area contributed by atoms with E-state index in [2.05, 4.69) is 6.07 Å². The molecule has 0 radical (unpaired) electrons. The Hall–Kier alpha value is -3.85. The Labute approximate surface area is 162 Å². The van der Waals surface area contributed by atoms with E-state index >= 15 is 0 Å². The number of benzene rings is 2. The highest BCUT2D eigenvalue weighted by Gasteiger charge is 2.48. The van der Waals surface area contributed by atoms with Crippen LogP contribution in [0.2, 0.25) is 0 Å². The predicted molar refractivity (Wildman–Crippen MR) is 104 cm³/mol. The summed E-state index contributed by atoms with van der Waals surface area (Å²) in [5.74, 6) is -1.36. The second-order valence-electron chi connectivity index (χ2n) is 6.86. The number of hydrogen-bond donors (Lipinski definition) is 1. The van der Waals surface area contributed by atoms with Gasteiger partial charge < -0.3 is 5.73 Å². The first-order valence-corrected chi connectivity index (χ1v) is 8.83. The number of nitriles is 1. The summed E-state index contributed by atoms with van der Waals surface area (Å²) in [5.41, 5.74) is 9.53. The minimum Gasteiger partial charge on any atom is -0.384 e. The first-order chi connectivity index (χ1) is 13.5. The molecule has 2 N–H and O–H groups in total. The number of imide groups is 1. The van der Waals surface area contributed by atoms with Crippen molar-refractivity contribution in [1.82, 2.24) is 4.90 Å². The standard InChI is InChI=1S/C22H18N4O2/c1-13-7-6-8-14(11-13)17-16(12-23)20(24)26(15-9-4-3-5-10-15)19-18(17)21(27)25(2)22(19)28/h3-11,17H,24H2,1-2H3. The van der Waals surface area contributed by atoms with Crippen molar-refractivity contribution in [3.63, 3.8) is 0 Å². The van der Waals surface area contributed by atoms with Gasteiger partial charge in [-0.15, -0.1) is 0 Å². The molecule has 2 aromatic rings.